The highest BCUT2D eigenvalue weighted by Gasteiger charge is 2.06. The molecule has 1 N–H and O–H groups in total. The predicted octanol–water partition coefficient (Wildman–Crippen LogP) is 6.75. The molecular formula is C21H42O. The standard InChI is InChI=1S/C21H42O/c1-18(2)10-6-11-19(3)12-7-13-20(4)14-8-15-21(5)16-9-17-22/h16,18-20,22H,6-15,17H2,1-5H3/b21-16+. The van der Waals surface area contributed by atoms with Crippen molar-refractivity contribution in [2.24, 2.45) is 17.8 Å². The lowest BCUT2D eigenvalue weighted by atomic mass is 9.91. The van der Waals surface area contributed by atoms with Crippen LogP contribution in [0.5, 0.6) is 0 Å². The van der Waals surface area contributed by atoms with E-state index in [-0.39, 0.29) is 6.61 Å². The van der Waals surface area contributed by atoms with Crippen LogP contribution in [0, 0.1) is 17.8 Å². The largest absolute Gasteiger partial charge is 0.396 e. The third-order valence-electron chi connectivity index (χ3n) is 4.76. The molecule has 1 nitrogen and oxygen atoms in total. The fourth-order valence-corrected chi connectivity index (χ4v) is 3.12. The average Bonchev–Trinajstić information content (AvgIpc) is 2.44. The van der Waals surface area contributed by atoms with Crippen LogP contribution in [-0.4, -0.2) is 11.7 Å². The normalized spacial score (nSPS) is 15.3. The molecule has 0 aromatic rings. The van der Waals surface area contributed by atoms with Crippen LogP contribution in [0.15, 0.2) is 11.6 Å². The number of rotatable bonds is 14. The molecule has 0 heterocycles. The number of aliphatic hydroxyl groups is 1. The maximum Gasteiger partial charge on any atom is 0.0465 e. The molecule has 0 aliphatic heterocycles. The lowest BCUT2D eigenvalue weighted by Gasteiger charge is -2.15. The van der Waals surface area contributed by atoms with Gasteiger partial charge in [-0.2, -0.15) is 0 Å². The van der Waals surface area contributed by atoms with Crippen molar-refractivity contribution >= 4 is 0 Å². The highest BCUT2D eigenvalue weighted by molar-refractivity contribution is 4.97. The van der Waals surface area contributed by atoms with Crippen LogP contribution in [-0.2, 0) is 0 Å². The van der Waals surface area contributed by atoms with Crippen molar-refractivity contribution in [1.82, 2.24) is 0 Å². The van der Waals surface area contributed by atoms with Gasteiger partial charge in [0, 0.05) is 6.61 Å². The smallest absolute Gasteiger partial charge is 0.0465 e. The molecule has 0 aliphatic rings. The Morgan fingerprint density at radius 2 is 1.32 bits per heavy atom. The van der Waals surface area contributed by atoms with E-state index in [9.17, 15) is 0 Å². The topological polar surface area (TPSA) is 20.2 Å². The molecule has 132 valence electrons. The molecule has 0 rings (SSSR count). The number of hydrogen-bond donors (Lipinski definition) is 1. The Morgan fingerprint density at radius 3 is 1.82 bits per heavy atom. The molecule has 0 aliphatic carbocycles. The van der Waals surface area contributed by atoms with Gasteiger partial charge in [0.1, 0.15) is 0 Å². The van der Waals surface area contributed by atoms with E-state index in [4.69, 9.17) is 5.11 Å². The first kappa shape index (κ1) is 21.7. The van der Waals surface area contributed by atoms with E-state index < -0.39 is 0 Å². The van der Waals surface area contributed by atoms with Crippen LogP contribution < -0.4 is 0 Å². The van der Waals surface area contributed by atoms with Crippen LogP contribution in [0.25, 0.3) is 0 Å². The molecule has 2 atom stereocenters. The predicted molar refractivity (Wildman–Crippen MR) is 100 cm³/mol. The minimum atomic E-state index is 0.281. The average molecular weight is 311 g/mol. The van der Waals surface area contributed by atoms with Gasteiger partial charge in [-0.15, -0.1) is 0 Å². The second kappa shape index (κ2) is 14.3. The number of hydrogen-bond acceptors (Lipinski definition) is 1. The summed E-state index contributed by atoms with van der Waals surface area (Å²) < 4.78 is 0. The summed E-state index contributed by atoms with van der Waals surface area (Å²) in [5.41, 5.74) is 1.44. The Bertz CT molecular complexity index is 267. The van der Waals surface area contributed by atoms with Crippen LogP contribution in [0.3, 0.4) is 0 Å². The molecule has 2 unspecified atom stereocenters. The van der Waals surface area contributed by atoms with Gasteiger partial charge in [0.2, 0.25) is 0 Å². The lowest BCUT2D eigenvalue weighted by molar-refractivity contribution is 0.302. The summed E-state index contributed by atoms with van der Waals surface area (Å²) in [6, 6.07) is 0. The second-order valence-electron chi connectivity index (χ2n) is 7.92. The minimum absolute atomic E-state index is 0.281. The van der Waals surface area contributed by atoms with Crippen LogP contribution in [0.1, 0.15) is 98.8 Å². The van der Waals surface area contributed by atoms with E-state index in [0.717, 1.165) is 24.2 Å². The summed E-state index contributed by atoms with van der Waals surface area (Å²) in [5, 5.41) is 8.81. The summed E-state index contributed by atoms with van der Waals surface area (Å²) in [6.45, 7) is 12.0. The van der Waals surface area contributed by atoms with Crippen molar-refractivity contribution < 1.29 is 5.11 Å². The molecule has 0 amide bonds. The van der Waals surface area contributed by atoms with Crippen molar-refractivity contribution in [2.75, 3.05) is 6.61 Å². The summed E-state index contributed by atoms with van der Waals surface area (Å²) >= 11 is 0. The van der Waals surface area contributed by atoms with Crippen molar-refractivity contribution in [3.63, 3.8) is 0 Å². The van der Waals surface area contributed by atoms with E-state index in [1.54, 1.807) is 0 Å². The molecule has 0 radical (unpaired) electrons. The summed E-state index contributed by atoms with van der Waals surface area (Å²) in [6.07, 6.45) is 15.3. The molecule has 0 bridgehead atoms. The van der Waals surface area contributed by atoms with Gasteiger partial charge in [-0.05, 0) is 43.9 Å². The van der Waals surface area contributed by atoms with Crippen LogP contribution in [0.4, 0.5) is 0 Å². The van der Waals surface area contributed by atoms with Gasteiger partial charge in [0.15, 0.2) is 0 Å². The zero-order chi connectivity index (χ0) is 16.8. The van der Waals surface area contributed by atoms with Gasteiger partial charge in [-0.25, -0.2) is 0 Å². The Hall–Kier alpha value is -0.300. The number of aliphatic hydroxyl groups excluding tert-OH is 1. The summed E-state index contributed by atoms with van der Waals surface area (Å²) in [5.74, 6) is 2.64. The number of allylic oxidation sites excluding steroid dienone is 1. The summed E-state index contributed by atoms with van der Waals surface area (Å²) in [7, 11) is 0. The van der Waals surface area contributed by atoms with Gasteiger partial charge in [0.05, 0.1) is 0 Å². The van der Waals surface area contributed by atoms with Gasteiger partial charge in [0.25, 0.3) is 0 Å². The molecule has 22 heavy (non-hydrogen) atoms. The van der Waals surface area contributed by atoms with Gasteiger partial charge in [-0.3, -0.25) is 0 Å². The van der Waals surface area contributed by atoms with E-state index >= 15 is 0 Å². The van der Waals surface area contributed by atoms with Gasteiger partial charge >= 0.3 is 0 Å². The Labute approximate surface area is 140 Å². The van der Waals surface area contributed by atoms with Crippen molar-refractivity contribution in [3.8, 4) is 0 Å². The van der Waals surface area contributed by atoms with Crippen LogP contribution >= 0.6 is 0 Å². The van der Waals surface area contributed by atoms with Crippen molar-refractivity contribution in [2.45, 2.75) is 98.8 Å². The maximum atomic E-state index is 8.81. The zero-order valence-electron chi connectivity index (χ0n) is 16.0. The summed E-state index contributed by atoms with van der Waals surface area (Å²) in [4.78, 5) is 0. The first-order valence-corrected chi connectivity index (χ1v) is 9.72. The fraction of sp³-hybridized carbons (Fsp3) is 0.905. The van der Waals surface area contributed by atoms with Crippen molar-refractivity contribution in [3.05, 3.63) is 11.6 Å². The molecule has 1 heteroatoms. The van der Waals surface area contributed by atoms with Gasteiger partial charge in [-0.1, -0.05) is 84.3 Å². The Kier molecular flexibility index (Phi) is 14.1. The molecule has 0 aromatic heterocycles. The monoisotopic (exact) mass is 310 g/mol. The zero-order valence-corrected chi connectivity index (χ0v) is 16.0. The molecule has 0 saturated carbocycles. The Balaban J connectivity index is 3.54. The van der Waals surface area contributed by atoms with E-state index in [0.29, 0.717) is 0 Å². The Morgan fingerprint density at radius 1 is 0.818 bits per heavy atom. The molecule has 0 aromatic carbocycles. The minimum Gasteiger partial charge on any atom is -0.396 e. The molecular weight excluding hydrogens is 268 g/mol. The van der Waals surface area contributed by atoms with Crippen molar-refractivity contribution in [1.29, 1.82) is 0 Å². The second-order valence-corrected chi connectivity index (χ2v) is 7.92. The third kappa shape index (κ3) is 14.6. The maximum absolute atomic E-state index is 8.81. The van der Waals surface area contributed by atoms with E-state index in [1.165, 1.54) is 63.4 Å². The molecule has 0 fully saturated rings. The van der Waals surface area contributed by atoms with E-state index in [2.05, 4.69) is 40.7 Å². The first-order valence-electron chi connectivity index (χ1n) is 9.72. The van der Waals surface area contributed by atoms with E-state index in [1.807, 2.05) is 0 Å². The lowest BCUT2D eigenvalue weighted by Crippen LogP contribution is -2.00. The highest BCUT2D eigenvalue weighted by atomic mass is 16.2. The molecule has 0 spiro atoms. The fourth-order valence-electron chi connectivity index (χ4n) is 3.12. The first-order chi connectivity index (χ1) is 10.5. The third-order valence-corrected chi connectivity index (χ3v) is 4.76. The van der Waals surface area contributed by atoms with Crippen LogP contribution in [0.2, 0.25) is 0 Å². The quantitative estimate of drug-likeness (QED) is 0.352. The highest BCUT2D eigenvalue weighted by Crippen LogP contribution is 2.22. The van der Waals surface area contributed by atoms with Gasteiger partial charge < -0.3 is 5.11 Å². The molecule has 0 saturated heterocycles. The SMILES string of the molecule is C/C(=C\CCO)CCCC(C)CCCC(C)CCCC(C)C.